The number of carbonyl (C=O) groups is 1. The summed E-state index contributed by atoms with van der Waals surface area (Å²) in [6.07, 6.45) is 3.72. The minimum atomic E-state index is -3.55. The van der Waals surface area contributed by atoms with Crippen LogP contribution < -0.4 is 20.7 Å². The van der Waals surface area contributed by atoms with Gasteiger partial charge in [0.15, 0.2) is 9.84 Å². The Morgan fingerprint density at radius 2 is 1.74 bits per heavy atom. The van der Waals surface area contributed by atoms with E-state index >= 15 is 0 Å². The molecule has 3 heterocycles. The number of aromatic amines is 1. The number of benzene rings is 2. The lowest BCUT2D eigenvalue weighted by molar-refractivity contribution is -0.122. The molecule has 4 aromatic rings. The van der Waals surface area contributed by atoms with E-state index in [-0.39, 0.29) is 16.9 Å². The van der Waals surface area contributed by atoms with Crippen LogP contribution in [0.5, 0.6) is 5.75 Å². The Balaban J connectivity index is 1.48. The van der Waals surface area contributed by atoms with Crippen molar-refractivity contribution in [3.63, 3.8) is 0 Å². The van der Waals surface area contributed by atoms with E-state index in [1.54, 1.807) is 45.2 Å². The van der Waals surface area contributed by atoms with Gasteiger partial charge >= 0.3 is 0 Å². The molecule has 1 fully saturated rings. The van der Waals surface area contributed by atoms with Crippen LogP contribution in [0.25, 0.3) is 11.0 Å². The van der Waals surface area contributed by atoms with Gasteiger partial charge < -0.3 is 25.7 Å². The Labute approximate surface area is 271 Å². The van der Waals surface area contributed by atoms with Gasteiger partial charge in [-0.3, -0.25) is 9.69 Å². The molecule has 1 aliphatic heterocycles. The number of fused-ring (bicyclic) bond motifs is 1. The van der Waals surface area contributed by atoms with Crippen LogP contribution in [0.15, 0.2) is 47.5 Å². The first kappa shape index (κ1) is 33.2. The first-order chi connectivity index (χ1) is 21.9. The van der Waals surface area contributed by atoms with Gasteiger partial charge in [-0.2, -0.15) is 9.97 Å². The van der Waals surface area contributed by atoms with Crippen LogP contribution in [-0.4, -0.2) is 72.2 Å². The largest absolute Gasteiger partial charge is 0.489 e. The van der Waals surface area contributed by atoms with Crippen molar-refractivity contribution in [2.24, 2.45) is 0 Å². The third-order valence-corrected chi connectivity index (χ3v) is 10.7. The molecule has 11 nitrogen and oxygen atoms in total. The Hall–Kier alpha value is -4.16. The number of hydrogen-bond acceptors (Lipinski definition) is 9. The zero-order chi connectivity index (χ0) is 33.2. The minimum Gasteiger partial charge on any atom is -0.489 e. The number of likely N-dealkylation sites (N-methyl/N-ethyl adjacent to an activating group) is 1. The number of rotatable bonds is 11. The summed E-state index contributed by atoms with van der Waals surface area (Å²) in [5.41, 5.74) is 5.11. The molecule has 0 spiro atoms. The van der Waals surface area contributed by atoms with Crippen LogP contribution in [0.4, 0.5) is 23.1 Å². The summed E-state index contributed by atoms with van der Waals surface area (Å²) in [6, 6.07) is 11.1. The van der Waals surface area contributed by atoms with Gasteiger partial charge in [0.1, 0.15) is 17.2 Å². The van der Waals surface area contributed by atoms with Crippen LogP contribution in [0.3, 0.4) is 0 Å². The second-order valence-corrected chi connectivity index (χ2v) is 15.0. The van der Waals surface area contributed by atoms with Crippen molar-refractivity contribution in [2.75, 3.05) is 37.3 Å². The standard InChI is InChI=1S/C34H45N7O4S/c1-20(2)45-28-17-25(24-12-14-41(15-13-24)19-30(42)35-7)22(5)16-27(28)38-34-39-32-31(23(6)18-36-32)33(40-34)37-26-10-8-9-11-29(26)46(43,44)21(3)4/h8-11,16-18,20-21,24H,12-15,19H2,1-7H3,(H,35,42)(H3,36,37,38,39,40). The number of para-hydroxylation sites is 1. The number of sulfone groups is 1. The lowest BCUT2D eigenvalue weighted by atomic mass is 9.86. The van der Waals surface area contributed by atoms with Gasteiger partial charge in [-0.1, -0.05) is 12.1 Å². The summed E-state index contributed by atoms with van der Waals surface area (Å²) in [5, 5.41) is 9.61. The van der Waals surface area contributed by atoms with E-state index in [1.165, 1.54) is 5.56 Å². The molecule has 46 heavy (non-hydrogen) atoms. The molecule has 2 aromatic carbocycles. The van der Waals surface area contributed by atoms with Crippen LogP contribution >= 0.6 is 0 Å². The first-order valence-corrected chi connectivity index (χ1v) is 17.4. The summed E-state index contributed by atoms with van der Waals surface area (Å²) in [7, 11) is -1.88. The van der Waals surface area contributed by atoms with E-state index in [0.717, 1.165) is 48.1 Å². The van der Waals surface area contributed by atoms with Crippen LogP contribution in [0.1, 0.15) is 63.1 Å². The molecule has 0 bridgehead atoms. The summed E-state index contributed by atoms with van der Waals surface area (Å²) in [4.78, 5) is 27.1. The van der Waals surface area contributed by atoms with Gasteiger partial charge in [0.2, 0.25) is 11.9 Å². The molecule has 0 atom stereocenters. The maximum atomic E-state index is 13.2. The third-order valence-electron chi connectivity index (χ3n) is 8.45. The Morgan fingerprint density at radius 3 is 2.41 bits per heavy atom. The fourth-order valence-electron chi connectivity index (χ4n) is 5.93. The highest BCUT2D eigenvalue weighted by molar-refractivity contribution is 7.92. The molecular weight excluding hydrogens is 602 g/mol. The smallest absolute Gasteiger partial charge is 0.233 e. The normalized spacial score (nSPS) is 14.6. The summed E-state index contributed by atoms with van der Waals surface area (Å²) in [6.45, 7) is 13.5. The van der Waals surface area contributed by atoms with Crippen molar-refractivity contribution in [2.45, 2.75) is 76.6 Å². The molecule has 2 aromatic heterocycles. The maximum absolute atomic E-state index is 13.2. The highest BCUT2D eigenvalue weighted by atomic mass is 32.2. The van der Waals surface area contributed by atoms with Gasteiger partial charge in [-0.05, 0) is 114 Å². The van der Waals surface area contributed by atoms with Crippen LogP contribution in [0.2, 0.25) is 0 Å². The molecule has 0 radical (unpaired) electrons. The number of H-pyrrole nitrogens is 1. The van der Waals surface area contributed by atoms with Crippen molar-refractivity contribution in [1.82, 2.24) is 25.2 Å². The third kappa shape index (κ3) is 7.13. The van der Waals surface area contributed by atoms with E-state index in [0.29, 0.717) is 41.3 Å². The fraction of sp³-hybridized carbons (Fsp3) is 0.441. The Morgan fingerprint density at radius 1 is 1.02 bits per heavy atom. The highest BCUT2D eigenvalue weighted by Crippen LogP contribution is 2.39. The van der Waals surface area contributed by atoms with Crippen molar-refractivity contribution in [3.05, 3.63) is 59.3 Å². The number of aryl methyl sites for hydroxylation is 2. The van der Waals surface area contributed by atoms with Gasteiger partial charge in [0.25, 0.3) is 0 Å². The number of likely N-dealkylation sites (tertiary alicyclic amines) is 1. The second-order valence-electron chi connectivity index (χ2n) is 12.5. The van der Waals surface area contributed by atoms with Gasteiger partial charge in [-0.15, -0.1) is 0 Å². The zero-order valence-electron chi connectivity index (χ0n) is 27.7. The number of nitrogens with zero attached hydrogens (tertiary/aromatic N) is 3. The van der Waals surface area contributed by atoms with E-state index in [4.69, 9.17) is 14.7 Å². The Kier molecular flexibility index (Phi) is 9.88. The fourth-order valence-corrected chi connectivity index (χ4v) is 7.13. The topological polar surface area (TPSA) is 141 Å². The van der Waals surface area contributed by atoms with Crippen LogP contribution in [-0.2, 0) is 14.6 Å². The van der Waals surface area contributed by atoms with Gasteiger partial charge in [-0.25, -0.2) is 8.42 Å². The monoisotopic (exact) mass is 647 g/mol. The minimum absolute atomic E-state index is 0.0377. The molecule has 1 saturated heterocycles. The van der Waals surface area contributed by atoms with Crippen molar-refractivity contribution in [1.29, 1.82) is 0 Å². The molecular formula is C34H45N7O4S. The number of nitrogens with one attached hydrogen (secondary N) is 4. The summed E-state index contributed by atoms with van der Waals surface area (Å²) < 4.78 is 32.7. The molecule has 0 aliphatic carbocycles. The van der Waals surface area contributed by atoms with Crippen molar-refractivity contribution < 1.29 is 17.9 Å². The number of carbonyl (C=O) groups excluding carboxylic acids is 1. The lowest BCUT2D eigenvalue weighted by Crippen LogP contribution is -2.40. The van der Waals surface area contributed by atoms with Crippen molar-refractivity contribution >= 4 is 49.9 Å². The Bertz CT molecular complexity index is 1830. The van der Waals surface area contributed by atoms with Crippen LogP contribution in [0, 0.1) is 13.8 Å². The van der Waals surface area contributed by atoms with Crippen molar-refractivity contribution in [3.8, 4) is 5.75 Å². The summed E-state index contributed by atoms with van der Waals surface area (Å²) in [5.74, 6) is 1.93. The molecule has 4 N–H and O–H groups in total. The molecule has 246 valence electrons. The molecule has 12 heteroatoms. The maximum Gasteiger partial charge on any atom is 0.233 e. The SMILES string of the molecule is CNC(=O)CN1CCC(c2cc(OC(C)C)c(Nc3nc(Nc4ccccc4S(=O)(=O)C(C)C)c4c(C)c[nH]c4n3)cc2C)CC1. The van der Waals surface area contributed by atoms with E-state index < -0.39 is 15.1 Å². The summed E-state index contributed by atoms with van der Waals surface area (Å²) >= 11 is 0. The second kappa shape index (κ2) is 13.7. The molecule has 5 rings (SSSR count). The zero-order valence-corrected chi connectivity index (χ0v) is 28.5. The number of aromatic nitrogens is 3. The van der Waals surface area contributed by atoms with Gasteiger partial charge in [0, 0.05) is 13.2 Å². The number of anilines is 4. The quantitative estimate of drug-likeness (QED) is 0.155. The molecule has 0 unspecified atom stereocenters. The van der Waals surface area contributed by atoms with E-state index in [2.05, 4.69) is 44.9 Å². The average Bonchev–Trinajstić information content (AvgIpc) is 3.39. The number of amides is 1. The number of hydrogen-bond donors (Lipinski definition) is 4. The molecule has 0 saturated carbocycles. The van der Waals surface area contributed by atoms with Gasteiger partial charge in [0.05, 0.1) is 39.6 Å². The lowest BCUT2D eigenvalue weighted by Gasteiger charge is -2.32. The molecule has 1 amide bonds. The predicted octanol–water partition coefficient (Wildman–Crippen LogP) is 5.96. The average molecular weight is 648 g/mol. The number of piperidine rings is 1. The number of ether oxygens (including phenoxy) is 1. The van der Waals surface area contributed by atoms with E-state index in [1.807, 2.05) is 27.0 Å². The highest BCUT2D eigenvalue weighted by Gasteiger charge is 2.26. The molecule has 1 aliphatic rings. The first-order valence-electron chi connectivity index (χ1n) is 15.8. The van der Waals surface area contributed by atoms with E-state index in [9.17, 15) is 13.2 Å². The predicted molar refractivity (Wildman–Crippen MR) is 183 cm³/mol.